The molecule has 0 aliphatic heterocycles. The molecule has 2 aliphatic carbocycles. The van der Waals surface area contributed by atoms with Crippen molar-refractivity contribution >= 4 is 6.09 Å². The topological polar surface area (TPSA) is 58.6 Å². The molecule has 4 rings (SSSR count). The predicted octanol–water partition coefficient (Wildman–Crippen LogP) is 4.71. The summed E-state index contributed by atoms with van der Waals surface area (Å²) in [4.78, 5) is 12.5. The Morgan fingerprint density at radius 2 is 1.61 bits per heavy atom. The second-order valence-corrected chi connectivity index (χ2v) is 8.28. The van der Waals surface area contributed by atoms with E-state index < -0.39 is 6.09 Å². The van der Waals surface area contributed by atoms with Crippen molar-refractivity contribution in [3.05, 3.63) is 59.7 Å². The Labute approximate surface area is 166 Å². The summed E-state index contributed by atoms with van der Waals surface area (Å²) in [5.74, 6) is 1.13. The summed E-state index contributed by atoms with van der Waals surface area (Å²) < 4.78 is 5.62. The Bertz CT molecular complexity index is 781. The van der Waals surface area contributed by atoms with E-state index in [0.717, 1.165) is 31.6 Å². The number of carbonyl (C=O) groups excluding carboxylic acids is 1. The largest absolute Gasteiger partial charge is 0.449 e. The third kappa shape index (κ3) is 3.79. The summed E-state index contributed by atoms with van der Waals surface area (Å²) >= 11 is 0. The molecular formula is C24H29NO3. The van der Waals surface area contributed by atoms with Crippen LogP contribution in [0.1, 0.15) is 49.7 Å². The number of nitrogens with one attached hydrogen (secondary N) is 1. The molecule has 148 valence electrons. The normalized spacial score (nSPS) is 22.2. The highest BCUT2D eigenvalue weighted by Crippen LogP contribution is 2.44. The van der Waals surface area contributed by atoms with Crippen LogP contribution in [0, 0.1) is 11.8 Å². The minimum Gasteiger partial charge on any atom is -0.449 e. The minimum atomic E-state index is -0.431. The molecule has 0 radical (unpaired) electrons. The molecule has 1 unspecified atom stereocenters. The van der Waals surface area contributed by atoms with Gasteiger partial charge in [-0.25, -0.2) is 4.79 Å². The molecular weight excluding hydrogens is 350 g/mol. The monoisotopic (exact) mass is 379 g/mol. The molecule has 2 aliphatic rings. The fraction of sp³-hybridized carbons (Fsp3) is 0.458. The van der Waals surface area contributed by atoms with Crippen molar-refractivity contribution in [3.63, 3.8) is 0 Å². The fourth-order valence-electron chi connectivity index (χ4n) is 4.79. The lowest BCUT2D eigenvalue weighted by Crippen LogP contribution is -2.44. The second-order valence-electron chi connectivity index (χ2n) is 8.28. The molecule has 2 N–H and O–H groups in total. The van der Waals surface area contributed by atoms with E-state index in [9.17, 15) is 9.90 Å². The molecule has 1 saturated carbocycles. The van der Waals surface area contributed by atoms with E-state index >= 15 is 0 Å². The number of alkyl carbamates (subject to hydrolysis) is 1. The number of aliphatic hydroxyl groups is 1. The zero-order valence-corrected chi connectivity index (χ0v) is 16.4. The van der Waals surface area contributed by atoms with Crippen molar-refractivity contribution < 1.29 is 14.6 Å². The van der Waals surface area contributed by atoms with Crippen LogP contribution in [0.4, 0.5) is 4.79 Å². The quantitative estimate of drug-likeness (QED) is 0.791. The third-order valence-electron chi connectivity index (χ3n) is 6.47. The summed E-state index contributed by atoms with van der Waals surface area (Å²) in [5, 5.41) is 12.7. The highest BCUT2D eigenvalue weighted by molar-refractivity contribution is 5.79. The van der Waals surface area contributed by atoms with Crippen LogP contribution in [0.2, 0.25) is 0 Å². The Balaban J connectivity index is 1.39. The van der Waals surface area contributed by atoms with E-state index in [4.69, 9.17) is 4.74 Å². The minimum absolute atomic E-state index is 0.0384. The number of fused-ring (bicyclic) bond motifs is 3. The number of aliphatic hydroxyl groups excluding tert-OH is 1. The van der Waals surface area contributed by atoms with Gasteiger partial charge < -0.3 is 15.2 Å². The van der Waals surface area contributed by atoms with Gasteiger partial charge in [-0.15, -0.1) is 0 Å². The SMILES string of the molecule is CC1CCC(C(CO)NC(=O)OCC2c3ccccc3-c3ccccc32)CC1. The molecule has 0 bridgehead atoms. The maximum Gasteiger partial charge on any atom is 0.407 e. The van der Waals surface area contributed by atoms with E-state index in [-0.39, 0.29) is 18.6 Å². The summed E-state index contributed by atoms with van der Waals surface area (Å²) in [6.07, 6.45) is 3.99. The van der Waals surface area contributed by atoms with Crippen LogP contribution in [0.5, 0.6) is 0 Å². The lowest BCUT2D eigenvalue weighted by Gasteiger charge is -2.32. The van der Waals surface area contributed by atoms with Gasteiger partial charge in [0.15, 0.2) is 0 Å². The molecule has 1 amide bonds. The highest BCUT2D eigenvalue weighted by Gasteiger charge is 2.30. The highest BCUT2D eigenvalue weighted by atomic mass is 16.5. The van der Waals surface area contributed by atoms with Crippen molar-refractivity contribution in [2.75, 3.05) is 13.2 Å². The number of hydrogen-bond acceptors (Lipinski definition) is 3. The number of carbonyl (C=O) groups is 1. The summed E-state index contributed by atoms with van der Waals surface area (Å²) in [5.41, 5.74) is 4.85. The Hall–Kier alpha value is -2.33. The summed E-state index contributed by atoms with van der Waals surface area (Å²) in [6, 6.07) is 16.4. The van der Waals surface area contributed by atoms with Gasteiger partial charge in [-0.05, 0) is 46.9 Å². The zero-order chi connectivity index (χ0) is 19.5. The van der Waals surface area contributed by atoms with Gasteiger partial charge in [0, 0.05) is 5.92 Å². The van der Waals surface area contributed by atoms with E-state index in [1.54, 1.807) is 0 Å². The van der Waals surface area contributed by atoms with Gasteiger partial charge in [-0.3, -0.25) is 0 Å². The van der Waals surface area contributed by atoms with Crippen molar-refractivity contribution in [1.29, 1.82) is 0 Å². The number of amides is 1. The van der Waals surface area contributed by atoms with Gasteiger partial charge in [0.2, 0.25) is 0 Å². The van der Waals surface area contributed by atoms with E-state index in [0.29, 0.717) is 12.5 Å². The molecule has 0 saturated heterocycles. The van der Waals surface area contributed by atoms with Crippen molar-refractivity contribution in [2.24, 2.45) is 11.8 Å². The maximum absolute atomic E-state index is 12.5. The molecule has 28 heavy (non-hydrogen) atoms. The first-order valence-electron chi connectivity index (χ1n) is 10.4. The molecule has 1 atom stereocenters. The standard InChI is InChI=1S/C24H29NO3/c1-16-10-12-17(13-11-16)23(14-26)25-24(27)28-15-22-20-8-4-2-6-18(20)19-7-3-5-9-21(19)22/h2-9,16-17,22-23,26H,10-15H2,1H3,(H,25,27). The van der Waals surface area contributed by atoms with Crippen molar-refractivity contribution in [1.82, 2.24) is 5.32 Å². The fourth-order valence-corrected chi connectivity index (χ4v) is 4.79. The maximum atomic E-state index is 12.5. The van der Waals surface area contributed by atoms with Gasteiger partial charge in [0.1, 0.15) is 6.61 Å². The van der Waals surface area contributed by atoms with Crippen LogP contribution in [0.3, 0.4) is 0 Å². The molecule has 0 aromatic heterocycles. The summed E-state index contributed by atoms with van der Waals surface area (Å²) in [7, 11) is 0. The third-order valence-corrected chi connectivity index (χ3v) is 6.47. The Morgan fingerprint density at radius 1 is 1.04 bits per heavy atom. The van der Waals surface area contributed by atoms with Crippen LogP contribution in [0.25, 0.3) is 11.1 Å². The van der Waals surface area contributed by atoms with Gasteiger partial charge in [0.25, 0.3) is 0 Å². The molecule has 2 aromatic rings. The second kappa shape index (κ2) is 8.36. The van der Waals surface area contributed by atoms with Crippen LogP contribution in [-0.4, -0.2) is 30.5 Å². The van der Waals surface area contributed by atoms with Crippen LogP contribution < -0.4 is 5.32 Å². The predicted molar refractivity (Wildman–Crippen MR) is 110 cm³/mol. The number of ether oxygens (including phenoxy) is 1. The Morgan fingerprint density at radius 3 is 2.18 bits per heavy atom. The molecule has 0 heterocycles. The molecule has 0 spiro atoms. The number of hydrogen-bond donors (Lipinski definition) is 2. The first-order chi connectivity index (χ1) is 13.7. The number of benzene rings is 2. The van der Waals surface area contributed by atoms with E-state index in [1.807, 2.05) is 24.3 Å². The van der Waals surface area contributed by atoms with E-state index in [2.05, 4.69) is 36.5 Å². The molecule has 2 aromatic carbocycles. The lowest BCUT2D eigenvalue weighted by atomic mass is 9.79. The van der Waals surface area contributed by atoms with Gasteiger partial charge in [0.05, 0.1) is 12.6 Å². The van der Waals surface area contributed by atoms with Gasteiger partial charge >= 0.3 is 6.09 Å². The van der Waals surface area contributed by atoms with Crippen LogP contribution in [-0.2, 0) is 4.74 Å². The average molecular weight is 380 g/mol. The van der Waals surface area contributed by atoms with E-state index in [1.165, 1.54) is 22.3 Å². The summed E-state index contributed by atoms with van der Waals surface area (Å²) in [6.45, 7) is 2.53. The van der Waals surface area contributed by atoms with Gasteiger partial charge in [-0.2, -0.15) is 0 Å². The average Bonchev–Trinajstić information content (AvgIpc) is 3.05. The smallest absolute Gasteiger partial charge is 0.407 e. The van der Waals surface area contributed by atoms with Crippen LogP contribution in [0.15, 0.2) is 48.5 Å². The van der Waals surface area contributed by atoms with Crippen molar-refractivity contribution in [3.8, 4) is 11.1 Å². The first-order valence-corrected chi connectivity index (χ1v) is 10.4. The molecule has 4 heteroatoms. The van der Waals surface area contributed by atoms with Gasteiger partial charge in [-0.1, -0.05) is 68.3 Å². The molecule has 1 fully saturated rings. The zero-order valence-electron chi connectivity index (χ0n) is 16.4. The first kappa shape index (κ1) is 19.0. The van der Waals surface area contributed by atoms with Crippen LogP contribution >= 0.6 is 0 Å². The van der Waals surface area contributed by atoms with Crippen molar-refractivity contribution in [2.45, 2.75) is 44.6 Å². The Kier molecular flexibility index (Phi) is 5.67. The lowest BCUT2D eigenvalue weighted by molar-refractivity contribution is 0.114. The number of rotatable bonds is 5. The molecule has 4 nitrogen and oxygen atoms in total.